The van der Waals surface area contributed by atoms with E-state index in [1.807, 2.05) is 12.3 Å². The molecule has 0 spiro atoms. The van der Waals surface area contributed by atoms with Crippen LogP contribution in [0.4, 0.5) is 10.2 Å². The van der Waals surface area contributed by atoms with Crippen LogP contribution in [0, 0.1) is 12.7 Å². The number of halogens is 2. The zero-order valence-electron chi connectivity index (χ0n) is 8.37. The molecule has 0 saturated carbocycles. The highest BCUT2D eigenvalue weighted by Crippen LogP contribution is 2.14. The molecule has 4 nitrogen and oxygen atoms in total. The molecule has 0 bridgehead atoms. The normalized spacial score (nSPS) is 10.4. The molecular formula is C9H8ClFN4S. The van der Waals surface area contributed by atoms with Gasteiger partial charge in [-0.3, -0.25) is 0 Å². The van der Waals surface area contributed by atoms with Crippen LogP contribution in [0.5, 0.6) is 0 Å². The molecule has 0 radical (unpaired) electrons. The number of nitrogens with zero attached hydrogens (tertiary/aromatic N) is 3. The summed E-state index contributed by atoms with van der Waals surface area (Å²) in [5, 5.41) is 5.71. The minimum absolute atomic E-state index is 0.0124. The molecule has 1 N–H and O–H groups in total. The lowest BCUT2D eigenvalue weighted by Crippen LogP contribution is -2.04. The van der Waals surface area contributed by atoms with Gasteiger partial charge in [0.15, 0.2) is 11.6 Å². The van der Waals surface area contributed by atoms with Crippen LogP contribution < -0.4 is 5.32 Å². The Balaban J connectivity index is 2.07. The van der Waals surface area contributed by atoms with Crippen LogP contribution in [0.3, 0.4) is 0 Å². The molecule has 0 atom stereocenters. The molecule has 0 unspecified atom stereocenters. The van der Waals surface area contributed by atoms with E-state index in [0.717, 1.165) is 16.9 Å². The second-order valence-electron chi connectivity index (χ2n) is 3.05. The third-order valence-corrected chi connectivity index (χ3v) is 2.82. The molecule has 0 aliphatic rings. The average molecular weight is 259 g/mol. The summed E-state index contributed by atoms with van der Waals surface area (Å²) in [5.41, 5.74) is 0.844. The Hall–Kier alpha value is -1.27. The monoisotopic (exact) mass is 258 g/mol. The van der Waals surface area contributed by atoms with E-state index in [2.05, 4.69) is 20.3 Å². The zero-order valence-corrected chi connectivity index (χ0v) is 9.94. The lowest BCUT2D eigenvalue weighted by Gasteiger charge is -2.04. The lowest BCUT2D eigenvalue weighted by atomic mass is 10.4. The van der Waals surface area contributed by atoms with E-state index in [1.165, 1.54) is 0 Å². The molecule has 0 fully saturated rings. The maximum absolute atomic E-state index is 13.2. The minimum Gasteiger partial charge on any atom is -0.362 e. The van der Waals surface area contributed by atoms with Crippen molar-refractivity contribution in [1.82, 2.24) is 15.0 Å². The van der Waals surface area contributed by atoms with Crippen molar-refractivity contribution in [2.75, 3.05) is 5.32 Å². The van der Waals surface area contributed by atoms with Crippen molar-refractivity contribution in [2.24, 2.45) is 0 Å². The third-order valence-electron chi connectivity index (χ3n) is 1.82. The molecular weight excluding hydrogens is 251 g/mol. The van der Waals surface area contributed by atoms with Crippen molar-refractivity contribution in [2.45, 2.75) is 13.5 Å². The Bertz CT molecular complexity index is 502. The number of anilines is 1. The van der Waals surface area contributed by atoms with Gasteiger partial charge in [0.05, 0.1) is 23.4 Å². The lowest BCUT2D eigenvalue weighted by molar-refractivity contribution is 0.616. The van der Waals surface area contributed by atoms with Crippen molar-refractivity contribution >= 4 is 28.8 Å². The van der Waals surface area contributed by atoms with Crippen molar-refractivity contribution in [3.63, 3.8) is 0 Å². The largest absolute Gasteiger partial charge is 0.362 e. The molecule has 2 aromatic heterocycles. The zero-order chi connectivity index (χ0) is 11.5. The summed E-state index contributed by atoms with van der Waals surface area (Å²) < 4.78 is 13.2. The van der Waals surface area contributed by atoms with Gasteiger partial charge < -0.3 is 5.32 Å². The van der Waals surface area contributed by atoms with E-state index < -0.39 is 5.82 Å². The van der Waals surface area contributed by atoms with Gasteiger partial charge in [-0.25, -0.2) is 14.4 Å². The number of hydrogen-bond donors (Lipinski definition) is 1. The van der Waals surface area contributed by atoms with Gasteiger partial charge in [-0.1, -0.05) is 0 Å². The molecule has 7 heteroatoms. The standard InChI is InChI=1S/C9H8ClFN4S/c1-5-14-6(4-16-5)2-12-8-7(11)3-13-9(10)15-8/h3-4H,2H2,1H3,(H,12,13,15). The fourth-order valence-corrected chi connectivity index (χ4v) is 1.88. The maximum Gasteiger partial charge on any atom is 0.224 e. The second kappa shape index (κ2) is 4.71. The van der Waals surface area contributed by atoms with E-state index in [9.17, 15) is 4.39 Å². The summed E-state index contributed by atoms with van der Waals surface area (Å²) in [7, 11) is 0. The highest BCUT2D eigenvalue weighted by atomic mass is 35.5. The van der Waals surface area contributed by atoms with Crippen LogP contribution >= 0.6 is 22.9 Å². The van der Waals surface area contributed by atoms with E-state index in [1.54, 1.807) is 11.3 Å². The van der Waals surface area contributed by atoms with E-state index >= 15 is 0 Å². The second-order valence-corrected chi connectivity index (χ2v) is 4.45. The van der Waals surface area contributed by atoms with Gasteiger partial charge in [-0.05, 0) is 18.5 Å². The first-order chi connectivity index (χ1) is 7.65. The molecule has 0 amide bonds. The SMILES string of the molecule is Cc1nc(CNc2nc(Cl)ncc2F)cs1. The van der Waals surface area contributed by atoms with Gasteiger partial charge in [0.2, 0.25) is 5.28 Å². The van der Waals surface area contributed by atoms with Crippen LogP contribution in [-0.2, 0) is 6.54 Å². The number of aryl methyl sites for hydroxylation is 1. The molecule has 2 aromatic rings. The van der Waals surface area contributed by atoms with Gasteiger partial charge in [0, 0.05) is 5.38 Å². The Labute approximate surface area is 101 Å². The average Bonchev–Trinajstić information content (AvgIpc) is 2.66. The summed E-state index contributed by atoms with van der Waals surface area (Å²) in [4.78, 5) is 11.5. The first-order valence-electron chi connectivity index (χ1n) is 4.48. The molecule has 16 heavy (non-hydrogen) atoms. The molecule has 2 heterocycles. The molecule has 0 saturated heterocycles. The summed E-state index contributed by atoms with van der Waals surface area (Å²) in [6, 6.07) is 0. The van der Waals surface area contributed by atoms with Gasteiger partial charge in [-0.15, -0.1) is 11.3 Å². The Kier molecular flexibility index (Phi) is 3.31. The molecule has 84 valence electrons. The van der Waals surface area contributed by atoms with Crippen molar-refractivity contribution < 1.29 is 4.39 Å². The van der Waals surface area contributed by atoms with E-state index in [0.29, 0.717) is 6.54 Å². The van der Waals surface area contributed by atoms with Crippen molar-refractivity contribution in [3.05, 3.63) is 33.4 Å². The highest BCUT2D eigenvalue weighted by Gasteiger charge is 2.06. The predicted octanol–water partition coefficient (Wildman–Crippen LogP) is 2.65. The third kappa shape index (κ3) is 2.65. The van der Waals surface area contributed by atoms with Gasteiger partial charge in [0.25, 0.3) is 0 Å². The molecule has 2 rings (SSSR count). The van der Waals surface area contributed by atoms with Crippen LogP contribution in [0.25, 0.3) is 0 Å². The molecule has 0 aliphatic heterocycles. The fraction of sp³-hybridized carbons (Fsp3) is 0.222. The van der Waals surface area contributed by atoms with Crippen LogP contribution in [-0.4, -0.2) is 15.0 Å². The quantitative estimate of drug-likeness (QED) is 0.860. The van der Waals surface area contributed by atoms with Crippen LogP contribution in [0.2, 0.25) is 5.28 Å². The first kappa shape index (κ1) is 11.2. The van der Waals surface area contributed by atoms with Crippen LogP contribution in [0.15, 0.2) is 11.6 Å². The van der Waals surface area contributed by atoms with Crippen LogP contribution in [0.1, 0.15) is 10.7 Å². The van der Waals surface area contributed by atoms with Gasteiger partial charge in [0.1, 0.15) is 0 Å². The minimum atomic E-state index is -0.531. The Morgan fingerprint density at radius 1 is 1.50 bits per heavy atom. The number of nitrogens with one attached hydrogen (secondary N) is 1. The Morgan fingerprint density at radius 2 is 2.31 bits per heavy atom. The highest BCUT2D eigenvalue weighted by molar-refractivity contribution is 7.09. The Morgan fingerprint density at radius 3 is 3.00 bits per heavy atom. The summed E-state index contributed by atoms with van der Waals surface area (Å²) in [5.74, 6) is -0.443. The topological polar surface area (TPSA) is 50.7 Å². The summed E-state index contributed by atoms with van der Waals surface area (Å²) in [6.45, 7) is 2.32. The maximum atomic E-state index is 13.2. The number of thiazole rings is 1. The van der Waals surface area contributed by atoms with E-state index in [-0.39, 0.29) is 11.1 Å². The van der Waals surface area contributed by atoms with Crippen molar-refractivity contribution in [1.29, 1.82) is 0 Å². The molecule has 0 aliphatic carbocycles. The molecule has 0 aromatic carbocycles. The number of hydrogen-bond acceptors (Lipinski definition) is 5. The van der Waals surface area contributed by atoms with Gasteiger partial charge in [-0.2, -0.15) is 4.98 Å². The van der Waals surface area contributed by atoms with Gasteiger partial charge >= 0.3 is 0 Å². The van der Waals surface area contributed by atoms with Crippen molar-refractivity contribution in [3.8, 4) is 0 Å². The predicted molar refractivity (Wildman–Crippen MR) is 61.2 cm³/mol. The summed E-state index contributed by atoms with van der Waals surface area (Å²) >= 11 is 7.10. The number of aromatic nitrogens is 3. The smallest absolute Gasteiger partial charge is 0.224 e. The fourth-order valence-electron chi connectivity index (χ4n) is 1.13. The first-order valence-corrected chi connectivity index (χ1v) is 5.74. The van der Waals surface area contributed by atoms with E-state index in [4.69, 9.17) is 11.6 Å². The number of rotatable bonds is 3. The summed E-state index contributed by atoms with van der Waals surface area (Å²) in [6.07, 6.45) is 1.03.